The number of hydrogen-bond donors (Lipinski definition) is 1. The maximum absolute atomic E-state index is 11.4. The van der Waals surface area contributed by atoms with Crippen molar-refractivity contribution in [1.82, 2.24) is 9.97 Å². The van der Waals surface area contributed by atoms with Crippen molar-refractivity contribution in [2.45, 2.75) is 13.5 Å². The summed E-state index contributed by atoms with van der Waals surface area (Å²) >= 11 is 1.48. The van der Waals surface area contributed by atoms with Crippen molar-refractivity contribution in [3.63, 3.8) is 0 Å². The van der Waals surface area contributed by atoms with Gasteiger partial charge in [-0.3, -0.25) is 10.1 Å². The lowest BCUT2D eigenvalue weighted by Gasteiger charge is -2.06. The number of methoxy groups -OCH3 is 1. The minimum atomic E-state index is -0.655. The van der Waals surface area contributed by atoms with Gasteiger partial charge in [0.15, 0.2) is 5.69 Å². The zero-order valence-corrected chi connectivity index (χ0v) is 12.1. The van der Waals surface area contributed by atoms with Gasteiger partial charge in [0.2, 0.25) is 5.82 Å². The molecule has 0 spiro atoms. The predicted octanol–water partition coefficient (Wildman–Crippen LogP) is 2.15. The van der Waals surface area contributed by atoms with Crippen LogP contribution in [0.3, 0.4) is 0 Å². The molecule has 0 bridgehead atoms. The number of carbonyl (C=O) groups excluding carboxylic acids is 1. The lowest BCUT2D eigenvalue weighted by Crippen LogP contribution is -2.10. The molecule has 0 radical (unpaired) electrons. The number of ether oxygens (including phenoxy) is 1. The molecule has 0 aliphatic heterocycles. The number of thiazole rings is 1. The largest absolute Gasteiger partial charge is 0.464 e. The molecule has 110 valence electrons. The van der Waals surface area contributed by atoms with Crippen molar-refractivity contribution in [2.75, 3.05) is 12.4 Å². The SMILES string of the molecule is COC(=O)c1ccc([N+](=O)[O-])c(NCc2csc(C)n2)n1. The second-order valence-corrected chi connectivity index (χ2v) is 5.09. The number of anilines is 1. The summed E-state index contributed by atoms with van der Waals surface area (Å²) in [5.74, 6) is -0.647. The third-order valence-corrected chi connectivity index (χ3v) is 3.39. The molecular formula is C12H12N4O4S. The molecule has 0 aliphatic carbocycles. The van der Waals surface area contributed by atoms with Gasteiger partial charge in [-0.2, -0.15) is 0 Å². The highest BCUT2D eigenvalue weighted by molar-refractivity contribution is 7.09. The first-order chi connectivity index (χ1) is 10.0. The van der Waals surface area contributed by atoms with Gasteiger partial charge in [0.05, 0.1) is 29.3 Å². The lowest BCUT2D eigenvalue weighted by molar-refractivity contribution is -0.384. The fourth-order valence-corrected chi connectivity index (χ4v) is 2.22. The summed E-state index contributed by atoms with van der Waals surface area (Å²) in [5.41, 5.74) is 0.534. The molecule has 9 heteroatoms. The summed E-state index contributed by atoms with van der Waals surface area (Å²) in [5, 5.41) is 16.6. The number of aryl methyl sites for hydroxylation is 1. The first-order valence-electron chi connectivity index (χ1n) is 5.90. The van der Waals surface area contributed by atoms with Crippen LogP contribution in [0.25, 0.3) is 0 Å². The van der Waals surface area contributed by atoms with Crippen molar-refractivity contribution in [2.24, 2.45) is 0 Å². The molecule has 1 N–H and O–H groups in total. The summed E-state index contributed by atoms with van der Waals surface area (Å²) < 4.78 is 4.55. The number of carbonyl (C=O) groups is 1. The van der Waals surface area contributed by atoms with Crippen LogP contribution >= 0.6 is 11.3 Å². The summed E-state index contributed by atoms with van der Waals surface area (Å²) in [6.45, 7) is 2.15. The maximum atomic E-state index is 11.4. The molecule has 0 saturated heterocycles. The topological polar surface area (TPSA) is 107 Å². The summed E-state index contributed by atoms with van der Waals surface area (Å²) in [6.07, 6.45) is 0. The van der Waals surface area contributed by atoms with E-state index >= 15 is 0 Å². The van der Waals surface area contributed by atoms with Crippen molar-refractivity contribution in [1.29, 1.82) is 0 Å². The third-order valence-electron chi connectivity index (χ3n) is 2.57. The van der Waals surface area contributed by atoms with Crippen LogP contribution in [0.2, 0.25) is 0 Å². The Kier molecular flexibility index (Phi) is 4.43. The Hall–Kier alpha value is -2.55. The van der Waals surface area contributed by atoms with Gasteiger partial charge in [-0.25, -0.2) is 14.8 Å². The Balaban J connectivity index is 2.25. The van der Waals surface area contributed by atoms with E-state index in [1.165, 1.54) is 30.6 Å². The smallest absolute Gasteiger partial charge is 0.356 e. The first kappa shape index (κ1) is 14.9. The van der Waals surface area contributed by atoms with Crippen LogP contribution in [0.4, 0.5) is 11.5 Å². The van der Waals surface area contributed by atoms with Gasteiger partial charge in [0.1, 0.15) is 0 Å². The molecule has 0 amide bonds. The Morgan fingerprint density at radius 1 is 1.48 bits per heavy atom. The molecule has 0 aromatic carbocycles. The van der Waals surface area contributed by atoms with Gasteiger partial charge in [-0.1, -0.05) is 0 Å². The zero-order valence-electron chi connectivity index (χ0n) is 11.3. The second kappa shape index (κ2) is 6.27. The van der Waals surface area contributed by atoms with E-state index in [1.54, 1.807) is 0 Å². The second-order valence-electron chi connectivity index (χ2n) is 4.02. The lowest BCUT2D eigenvalue weighted by atomic mass is 10.3. The zero-order chi connectivity index (χ0) is 15.4. The number of nitrogens with one attached hydrogen (secondary N) is 1. The van der Waals surface area contributed by atoms with Gasteiger partial charge < -0.3 is 10.1 Å². The quantitative estimate of drug-likeness (QED) is 0.512. The monoisotopic (exact) mass is 308 g/mol. The number of hydrogen-bond acceptors (Lipinski definition) is 8. The average Bonchev–Trinajstić information content (AvgIpc) is 2.89. The Morgan fingerprint density at radius 2 is 2.24 bits per heavy atom. The van der Waals surface area contributed by atoms with Crippen molar-refractivity contribution >= 4 is 28.8 Å². The number of rotatable bonds is 5. The molecule has 2 heterocycles. The van der Waals surface area contributed by atoms with Gasteiger partial charge in [-0.05, 0) is 13.0 Å². The Labute approximate surface area is 124 Å². The Morgan fingerprint density at radius 3 is 2.81 bits per heavy atom. The number of pyridine rings is 1. The van der Waals surface area contributed by atoms with E-state index in [-0.39, 0.29) is 23.7 Å². The van der Waals surface area contributed by atoms with Crippen LogP contribution in [0, 0.1) is 17.0 Å². The fraction of sp³-hybridized carbons (Fsp3) is 0.250. The predicted molar refractivity (Wildman–Crippen MR) is 76.4 cm³/mol. The minimum absolute atomic E-state index is 0.0000540. The highest BCUT2D eigenvalue weighted by atomic mass is 32.1. The summed E-state index contributed by atoms with van der Waals surface area (Å²) in [4.78, 5) is 30.0. The summed E-state index contributed by atoms with van der Waals surface area (Å²) in [6, 6.07) is 2.47. The molecular weight excluding hydrogens is 296 g/mol. The molecule has 21 heavy (non-hydrogen) atoms. The van der Waals surface area contributed by atoms with Gasteiger partial charge >= 0.3 is 11.7 Å². The highest BCUT2D eigenvalue weighted by Gasteiger charge is 2.19. The van der Waals surface area contributed by atoms with E-state index in [9.17, 15) is 14.9 Å². The molecule has 0 unspecified atom stereocenters. The number of esters is 1. The molecule has 8 nitrogen and oxygen atoms in total. The molecule has 2 aromatic heterocycles. The third kappa shape index (κ3) is 3.51. The Bertz CT molecular complexity index is 686. The molecule has 0 fully saturated rings. The molecule has 2 aromatic rings. The molecule has 0 aliphatic rings. The van der Waals surface area contributed by atoms with Crippen LogP contribution in [-0.2, 0) is 11.3 Å². The number of nitro groups is 1. The van der Waals surface area contributed by atoms with Crippen molar-refractivity contribution in [3.05, 3.63) is 44.0 Å². The van der Waals surface area contributed by atoms with Gasteiger partial charge in [0, 0.05) is 11.4 Å². The highest BCUT2D eigenvalue weighted by Crippen LogP contribution is 2.23. The van der Waals surface area contributed by atoms with Crippen LogP contribution in [-0.4, -0.2) is 28.0 Å². The standard InChI is InChI=1S/C12H12N4O4S/c1-7-14-8(6-21-7)5-13-11-10(16(18)19)4-3-9(15-11)12(17)20-2/h3-4,6H,5H2,1-2H3,(H,13,15). The van der Waals surface area contributed by atoms with Crippen molar-refractivity contribution < 1.29 is 14.5 Å². The van der Waals surface area contributed by atoms with Crippen LogP contribution in [0.15, 0.2) is 17.5 Å². The van der Waals surface area contributed by atoms with Gasteiger partial charge in [-0.15, -0.1) is 11.3 Å². The fourth-order valence-electron chi connectivity index (χ4n) is 1.61. The summed E-state index contributed by atoms with van der Waals surface area (Å²) in [7, 11) is 1.22. The number of nitrogens with zero attached hydrogens (tertiary/aromatic N) is 3. The molecule has 2 rings (SSSR count). The molecule has 0 atom stereocenters. The molecule has 0 saturated carbocycles. The van der Waals surface area contributed by atoms with Crippen LogP contribution < -0.4 is 5.32 Å². The van der Waals surface area contributed by atoms with Crippen molar-refractivity contribution in [3.8, 4) is 0 Å². The van der Waals surface area contributed by atoms with E-state index in [2.05, 4.69) is 20.0 Å². The maximum Gasteiger partial charge on any atom is 0.356 e. The normalized spacial score (nSPS) is 10.2. The number of aromatic nitrogens is 2. The van der Waals surface area contributed by atoms with Gasteiger partial charge in [0.25, 0.3) is 0 Å². The average molecular weight is 308 g/mol. The van der Waals surface area contributed by atoms with E-state index < -0.39 is 10.9 Å². The van der Waals surface area contributed by atoms with E-state index in [0.717, 1.165) is 10.7 Å². The van der Waals surface area contributed by atoms with E-state index in [1.807, 2.05) is 12.3 Å². The van der Waals surface area contributed by atoms with E-state index in [0.29, 0.717) is 0 Å². The van der Waals surface area contributed by atoms with Crippen LogP contribution in [0.1, 0.15) is 21.2 Å². The minimum Gasteiger partial charge on any atom is -0.464 e. The first-order valence-corrected chi connectivity index (χ1v) is 6.78. The van der Waals surface area contributed by atoms with Crippen LogP contribution in [0.5, 0.6) is 0 Å². The van der Waals surface area contributed by atoms with E-state index in [4.69, 9.17) is 0 Å².